The van der Waals surface area contributed by atoms with E-state index in [0.717, 1.165) is 46.4 Å². The van der Waals surface area contributed by atoms with E-state index in [1.807, 2.05) is 19.1 Å². The van der Waals surface area contributed by atoms with Crippen LogP contribution in [0.5, 0.6) is 0 Å². The molecule has 0 amide bonds. The third-order valence-corrected chi connectivity index (χ3v) is 5.76. The lowest BCUT2D eigenvalue weighted by Crippen LogP contribution is -2.31. The zero-order chi connectivity index (χ0) is 18.7. The van der Waals surface area contributed by atoms with E-state index in [-0.39, 0.29) is 5.78 Å². The van der Waals surface area contributed by atoms with Crippen LogP contribution in [0.2, 0.25) is 0 Å². The van der Waals surface area contributed by atoms with E-state index in [0.29, 0.717) is 18.0 Å². The molecule has 1 saturated carbocycles. The molecule has 1 heterocycles. The number of pyridine rings is 1. The Hall–Kier alpha value is -1.46. The Morgan fingerprint density at radius 1 is 1.27 bits per heavy atom. The summed E-state index contributed by atoms with van der Waals surface area (Å²) in [7, 11) is 4.29. The fourth-order valence-electron chi connectivity index (χ4n) is 3.93. The number of hydrogen-bond acceptors (Lipinski definition) is 4. The zero-order valence-corrected chi connectivity index (χ0v) is 17.5. The lowest BCUT2D eigenvalue weighted by atomic mass is 9.85. The molecule has 1 fully saturated rings. The minimum absolute atomic E-state index is 0.142. The second-order valence-electron chi connectivity index (χ2n) is 7.61. The van der Waals surface area contributed by atoms with E-state index < -0.39 is 0 Å². The number of rotatable bonds is 6. The number of halogens is 1. The van der Waals surface area contributed by atoms with Crippen molar-refractivity contribution in [2.75, 3.05) is 26.0 Å². The van der Waals surface area contributed by atoms with Gasteiger partial charge in [0.25, 0.3) is 0 Å². The highest BCUT2D eigenvalue weighted by Gasteiger charge is 2.24. The molecule has 0 spiro atoms. The van der Waals surface area contributed by atoms with Gasteiger partial charge in [-0.25, -0.2) is 0 Å². The maximum Gasteiger partial charge on any atom is 0.166 e. The van der Waals surface area contributed by atoms with Crippen molar-refractivity contribution in [1.29, 1.82) is 0 Å². The van der Waals surface area contributed by atoms with Crippen LogP contribution in [-0.4, -0.2) is 42.3 Å². The molecule has 0 atom stereocenters. The molecule has 0 saturated heterocycles. The number of benzene rings is 1. The van der Waals surface area contributed by atoms with Crippen LogP contribution >= 0.6 is 15.9 Å². The van der Waals surface area contributed by atoms with Gasteiger partial charge in [0.2, 0.25) is 0 Å². The number of hydrogen-bond donors (Lipinski definition) is 1. The van der Waals surface area contributed by atoms with Gasteiger partial charge in [-0.05, 0) is 63.9 Å². The monoisotopic (exact) mass is 417 g/mol. The van der Waals surface area contributed by atoms with Gasteiger partial charge in [0.1, 0.15) is 0 Å². The number of carbonyl (C=O) groups is 1. The van der Waals surface area contributed by atoms with E-state index >= 15 is 0 Å². The van der Waals surface area contributed by atoms with Crippen molar-refractivity contribution < 1.29 is 4.79 Å². The predicted molar refractivity (Wildman–Crippen MR) is 112 cm³/mol. The van der Waals surface area contributed by atoms with E-state index in [2.05, 4.69) is 51.3 Å². The predicted octanol–water partition coefficient (Wildman–Crippen LogP) is 5.12. The van der Waals surface area contributed by atoms with Gasteiger partial charge in [0, 0.05) is 35.1 Å². The van der Waals surface area contributed by atoms with Crippen LogP contribution < -0.4 is 5.32 Å². The Labute approximate surface area is 164 Å². The number of nitrogens with zero attached hydrogens (tertiary/aromatic N) is 2. The Morgan fingerprint density at radius 2 is 2.00 bits per heavy atom. The van der Waals surface area contributed by atoms with Gasteiger partial charge < -0.3 is 10.2 Å². The van der Waals surface area contributed by atoms with E-state index in [4.69, 9.17) is 0 Å². The molecule has 26 heavy (non-hydrogen) atoms. The molecule has 1 aliphatic rings. The summed E-state index contributed by atoms with van der Waals surface area (Å²) in [5.41, 5.74) is 2.59. The molecule has 0 radical (unpaired) electrons. The number of aromatic nitrogens is 1. The SMILES string of the molecule is CCC(=O)c1cnc2ccc(Br)cc2c1NC1CCC(CN(C)C)CC1. The third-order valence-electron chi connectivity index (χ3n) is 5.27. The summed E-state index contributed by atoms with van der Waals surface area (Å²) in [6.45, 7) is 3.07. The zero-order valence-electron chi connectivity index (χ0n) is 15.9. The van der Waals surface area contributed by atoms with Gasteiger partial charge in [0.15, 0.2) is 5.78 Å². The summed E-state index contributed by atoms with van der Waals surface area (Å²) in [4.78, 5) is 19.3. The molecule has 1 aliphatic carbocycles. The molecule has 5 heteroatoms. The van der Waals surface area contributed by atoms with Crippen LogP contribution in [0.4, 0.5) is 5.69 Å². The van der Waals surface area contributed by atoms with Crippen LogP contribution in [0.15, 0.2) is 28.9 Å². The Kier molecular flexibility index (Phi) is 6.30. The molecule has 0 unspecified atom stereocenters. The van der Waals surface area contributed by atoms with Gasteiger partial charge in [-0.15, -0.1) is 0 Å². The lowest BCUT2D eigenvalue weighted by molar-refractivity contribution is 0.0988. The highest BCUT2D eigenvalue weighted by atomic mass is 79.9. The molecule has 2 aromatic rings. The third kappa shape index (κ3) is 4.44. The number of fused-ring (bicyclic) bond motifs is 1. The Bertz CT molecular complexity index is 782. The summed E-state index contributed by atoms with van der Waals surface area (Å²) in [5.74, 6) is 0.922. The van der Waals surface area contributed by atoms with E-state index in [1.165, 1.54) is 12.8 Å². The van der Waals surface area contributed by atoms with Gasteiger partial charge in [-0.3, -0.25) is 9.78 Å². The molecule has 140 valence electrons. The smallest absolute Gasteiger partial charge is 0.166 e. The van der Waals surface area contributed by atoms with Crippen LogP contribution in [0.3, 0.4) is 0 Å². The van der Waals surface area contributed by atoms with Crippen LogP contribution in [0.25, 0.3) is 10.9 Å². The van der Waals surface area contributed by atoms with Crippen molar-refractivity contribution in [3.8, 4) is 0 Å². The minimum Gasteiger partial charge on any atom is -0.381 e. The van der Waals surface area contributed by atoms with Gasteiger partial charge in [-0.2, -0.15) is 0 Å². The largest absolute Gasteiger partial charge is 0.381 e. The number of anilines is 1. The number of carbonyl (C=O) groups excluding carboxylic acids is 1. The van der Waals surface area contributed by atoms with Crippen molar-refractivity contribution in [2.24, 2.45) is 5.92 Å². The first-order valence-electron chi connectivity index (χ1n) is 9.50. The van der Waals surface area contributed by atoms with Gasteiger partial charge >= 0.3 is 0 Å². The molecule has 1 aromatic carbocycles. The highest BCUT2D eigenvalue weighted by molar-refractivity contribution is 9.10. The van der Waals surface area contributed by atoms with Crippen molar-refractivity contribution in [3.05, 3.63) is 34.4 Å². The van der Waals surface area contributed by atoms with Crippen molar-refractivity contribution in [3.63, 3.8) is 0 Å². The quantitative estimate of drug-likeness (QED) is 0.662. The first-order valence-corrected chi connectivity index (χ1v) is 10.3. The van der Waals surface area contributed by atoms with Crippen molar-refractivity contribution in [1.82, 2.24) is 9.88 Å². The molecule has 0 bridgehead atoms. The number of ketones is 1. The normalized spacial score (nSPS) is 20.5. The fraction of sp³-hybridized carbons (Fsp3) is 0.524. The van der Waals surface area contributed by atoms with E-state index in [1.54, 1.807) is 6.20 Å². The summed E-state index contributed by atoms with van der Waals surface area (Å²) < 4.78 is 1.01. The van der Waals surface area contributed by atoms with Crippen LogP contribution in [0, 0.1) is 5.92 Å². The lowest BCUT2D eigenvalue weighted by Gasteiger charge is -2.32. The summed E-state index contributed by atoms with van der Waals surface area (Å²) in [6.07, 6.45) is 7.00. The first-order chi connectivity index (χ1) is 12.5. The molecule has 1 aromatic heterocycles. The molecule has 4 nitrogen and oxygen atoms in total. The molecular weight excluding hydrogens is 390 g/mol. The second kappa shape index (κ2) is 8.49. The highest BCUT2D eigenvalue weighted by Crippen LogP contribution is 2.33. The van der Waals surface area contributed by atoms with E-state index in [9.17, 15) is 4.79 Å². The summed E-state index contributed by atoms with van der Waals surface area (Å²) in [5, 5.41) is 4.74. The Morgan fingerprint density at radius 3 is 2.65 bits per heavy atom. The number of Topliss-reactive ketones (excluding diaryl/α,β-unsaturated/α-hetero) is 1. The summed E-state index contributed by atoms with van der Waals surface area (Å²) in [6, 6.07) is 6.47. The first kappa shape index (κ1) is 19.3. The maximum absolute atomic E-state index is 12.5. The standard InChI is InChI=1S/C21H28BrN3O/c1-4-20(26)18-12-23-19-10-7-15(22)11-17(19)21(18)24-16-8-5-14(6-9-16)13-25(2)3/h7,10-12,14,16H,4-6,8-9,13H2,1-3H3,(H,23,24). The van der Waals surface area contributed by atoms with Crippen molar-refractivity contribution >= 4 is 38.3 Å². The average Bonchev–Trinajstić information content (AvgIpc) is 2.62. The molecule has 0 aliphatic heterocycles. The maximum atomic E-state index is 12.5. The second-order valence-corrected chi connectivity index (χ2v) is 8.52. The summed E-state index contributed by atoms with van der Waals surface area (Å²) >= 11 is 3.56. The molecular formula is C21H28BrN3O. The Balaban J connectivity index is 1.86. The van der Waals surface area contributed by atoms with Crippen molar-refractivity contribution in [2.45, 2.75) is 45.1 Å². The molecule has 1 N–H and O–H groups in total. The molecule has 3 rings (SSSR count). The fourth-order valence-corrected chi connectivity index (χ4v) is 4.29. The average molecular weight is 418 g/mol. The van der Waals surface area contributed by atoms with Gasteiger partial charge in [-0.1, -0.05) is 22.9 Å². The van der Waals surface area contributed by atoms with Gasteiger partial charge in [0.05, 0.1) is 16.8 Å². The topological polar surface area (TPSA) is 45.2 Å². The van der Waals surface area contributed by atoms with Crippen LogP contribution in [0.1, 0.15) is 49.4 Å². The minimum atomic E-state index is 0.142. The number of nitrogens with one attached hydrogen (secondary N) is 1. The van der Waals surface area contributed by atoms with Crippen LogP contribution in [-0.2, 0) is 0 Å².